The third-order valence-corrected chi connectivity index (χ3v) is 4.42. The summed E-state index contributed by atoms with van der Waals surface area (Å²) in [5, 5.41) is 3.36. The molecule has 1 unspecified atom stereocenters. The maximum absolute atomic E-state index is 12.3. The van der Waals surface area contributed by atoms with Crippen molar-refractivity contribution in [2.75, 3.05) is 19.6 Å². The number of rotatable bonds is 6. The van der Waals surface area contributed by atoms with E-state index in [-0.39, 0.29) is 18.3 Å². The molecule has 0 spiro atoms. The molecule has 1 aromatic carbocycles. The molecule has 2 rings (SSSR count). The first-order chi connectivity index (χ1) is 9.69. The van der Waals surface area contributed by atoms with Crippen LogP contribution in [0.15, 0.2) is 28.7 Å². The van der Waals surface area contributed by atoms with E-state index >= 15 is 0 Å². The lowest BCUT2D eigenvalue weighted by molar-refractivity contribution is -0.131. The maximum atomic E-state index is 12.3. The van der Waals surface area contributed by atoms with Gasteiger partial charge in [-0.2, -0.15) is 0 Å². The lowest BCUT2D eigenvalue weighted by Gasteiger charge is -2.22. The largest absolute Gasteiger partial charge is 0.339 e. The van der Waals surface area contributed by atoms with Crippen molar-refractivity contribution >= 4 is 34.2 Å². The second-order valence-electron chi connectivity index (χ2n) is 5.44. The summed E-state index contributed by atoms with van der Waals surface area (Å²) < 4.78 is 1.07. The van der Waals surface area contributed by atoms with Crippen LogP contribution in [0.4, 0.5) is 0 Å². The fourth-order valence-electron chi connectivity index (χ4n) is 2.68. The fraction of sp³-hybridized carbons (Fsp3) is 0.562. The smallest absolute Gasteiger partial charge is 0.222 e. The van der Waals surface area contributed by atoms with E-state index in [1.54, 1.807) is 0 Å². The summed E-state index contributed by atoms with van der Waals surface area (Å²) in [5.41, 5.74) is 1.18. The van der Waals surface area contributed by atoms with Crippen molar-refractivity contribution in [3.8, 4) is 0 Å². The third-order valence-electron chi connectivity index (χ3n) is 3.93. The van der Waals surface area contributed by atoms with Crippen LogP contribution in [0.1, 0.15) is 31.7 Å². The van der Waals surface area contributed by atoms with Gasteiger partial charge in [-0.05, 0) is 56.5 Å². The van der Waals surface area contributed by atoms with E-state index in [2.05, 4.69) is 33.4 Å². The normalized spacial score (nSPS) is 17.3. The second-order valence-corrected chi connectivity index (χ2v) is 6.35. The van der Waals surface area contributed by atoms with Gasteiger partial charge in [0.2, 0.25) is 5.91 Å². The van der Waals surface area contributed by atoms with Gasteiger partial charge in [0.1, 0.15) is 0 Å². The highest BCUT2D eigenvalue weighted by molar-refractivity contribution is 9.10. The first-order valence-electron chi connectivity index (χ1n) is 7.42. The Morgan fingerprint density at radius 1 is 1.48 bits per heavy atom. The standard InChI is InChI=1S/C16H23BrN2O.ClH/c1-2-19(12-14-4-3-5-15(17)10-14)16(20)7-6-13-8-9-18-11-13;/h3-5,10,13,18H,2,6-9,11-12H2,1H3;1H. The molecule has 118 valence electrons. The number of carbonyl (C=O) groups is 1. The molecule has 1 fully saturated rings. The molecule has 1 amide bonds. The number of halogens is 2. The molecule has 1 aliphatic rings. The van der Waals surface area contributed by atoms with Gasteiger partial charge in [-0.1, -0.05) is 28.1 Å². The number of hydrogen-bond donors (Lipinski definition) is 1. The molecule has 1 N–H and O–H groups in total. The lowest BCUT2D eigenvalue weighted by atomic mass is 10.0. The van der Waals surface area contributed by atoms with Gasteiger partial charge >= 0.3 is 0 Å². The average Bonchev–Trinajstić information content (AvgIpc) is 2.95. The molecule has 0 aromatic heterocycles. The second kappa shape index (κ2) is 9.44. The zero-order chi connectivity index (χ0) is 14.4. The van der Waals surface area contributed by atoms with Crippen molar-refractivity contribution in [3.63, 3.8) is 0 Å². The molecule has 0 aliphatic carbocycles. The van der Waals surface area contributed by atoms with Gasteiger partial charge in [0.15, 0.2) is 0 Å². The summed E-state index contributed by atoms with van der Waals surface area (Å²) in [7, 11) is 0. The van der Waals surface area contributed by atoms with Gasteiger partial charge in [0, 0.05) is 24.0 Å². The summed E-state index contributed by atoms with van der Waals surface area (Å²) in [6.45, 7) is 5.71. The van der Waals surface area contributed by atoms with Crippen molar-refractivity contribution in [2.45, 2.75) is 32.7 Å². The number of amides is 1. The van der Waals surface area contributed by atoms with Gasteiger partial charge in [0.25, 0.3) is 0 Å². The van der Waals surface area contributed by atoms with E-state index in [0.29, 0.717) is 18.9 Å². The minimum atomic E-state index is 0. The molecule has 0 radical (unpaired) electrons. The monoisotopic (exact) mass is 374 g/mol. The summed E-state index contributed by atoms with van der Waals surface area (Å²) in [6, 6.07) is 8.18. The maximum Gasteiger partial charge on any atom is 0.222 e. The van der Waals surface area contributed by atoms with E-state index in [9.17, 15) is 4.79 Å². The van der Waals surface area contributed by atoms with E-state index in [1.165, 1.54) is 12.0 Å². The van der Waals surface area contributed by atoms with Gasteiger partial charge in [0.05, 0.1) is 0 Å². The topological polar surface area (TPSA) is 32.3 Å². The molecular weight excluding hydrogens is 352 g/mol. The molecule has 1 atom stereocenters. The summed E-state index contributed by atoms with van der Waals surface area (Å²) in [4.78, 5) is 14.3. The molecule has 0 saturated carbocycles. The van der Waals surface area contributed by atoms with Crippen molar-refractivity contribution < 1.29 is 4.79 Å². The highest BCUT2D eigenvalue weighted by atomic mass is 79.9. The van der Waals surface area contributed by atoms with Crippen molar-refractivity contribution in [3.05, 3.63) is 34.3 Å². The van der Waals surface area contributed by atoms with Crippen LogP contribution in [0.2, 0.25) is 0 Å². The van der Waals surface area contributed by atoms with Crippen LogP contribution in [-0.2, 0) is 11.3 Å². The number of hydrogen-bond acceptors (Lipinski definition) is 2. The molecular formula is C16H24BrClN2O. The quantitative estimate of drug-likeness (QED) is 0.824. The van der Waals surface area contributed by atoms with Crippen molar-refractivity contribution in [1.29, 1.82) is 0 Å². The average molecular weight is 376 g/mol. The van der Waals surface area contributed by atoms with Crippen LogP contribution >= 0.6 is 28.3 Å². The molecule has 1 heterocycles. The van der Waals surface area contributed by atoms with Crippen LogP contribution < -0.4 is 5.32 Å². The van der Waals surface area contributed by atoms with Crippen LogP contribution in [-0.4, -0.2) is 30.4 Å². The van der Waals surface area contributed by atoms with Gasteiger partial charge < -0.3 is 10.2 Å². The van der Waals surface area contributed by atoms with E-state index < -0.39 is 0 Å². The Morgan fingerprint density at radius 2 is 2.29 bits per heavy atom. The Labute approximate surface area is 142 Å². The predicted octanol–water partition coefficient (Wildman–Crippen LogP) is 3.61. The SMILES string of the molecule is CCN(Cc1cccc(Br)c1)C(=O)CCC1CCNC1.Cl. The molecule has 1 aromatic rings. The highest BCUT2D eigenvalue weighted by Crippen LogP contribution is 2.17. The van der Waals surface area contributed by atoms with E-state index in [0.717, 1.165) is 30.5 Å². The zero-order valence-electron chi connectivity index (χ0n) is 12.5. The molecule has 21 heavy (non-hydrogen) atoms. The lowest BCUT2D eigenvalue weighted by Crippen LogP contribution is -2.30. The Hall–Kier alpha value is -0.580. The third kappa shape index (κ3) is 5.97. The fourth-order valence-corrected chi connectivity index (χ4v) is 3.13. The minimum absolute atomic E-state index is 0. The molecule has 0 bridgehead atoms. The van der Waals surface area contributed by atoms with Crippen molar-refractivity contribution in [2.24, 2.45) is 5.92 Å². The number of nitrogens with one attached hydrogen (secondary N) is 1. The summed E-state index contributed by atoms with van der Waals surface area (Å²) >= 11 is 3.48. The number of nitrogens with zero attached hydrogens (tertiary/aromatic N) is 1. The van der Waals surface area contributed by atoms with Crippen LogP contribution in [0, 0.1) is 5.92 Å². The Kier molecular flexibility index (Phi) is 8.30. The summed E-state index contributed by atoms with van der Waals surface area (Å²) in [6.07, 6.45) is 2.90. The summed E-state index contributed by atoms with van der Waals surface area (Å²) in [5.74, 6) is 0.961. The van der Waals surface area contributed by atoms with Crippen LogP contribution in [0.3, 0.4) is 0 Å². The highest BCUT2D eigenvalue weighted by Gasteiger charge is 2.18. The molecule has 3 nitrogen and oxygen atoms in total. The van der Waals surface area contributed by atoms with E-state index in [1.807, 2.05) is 24.0 Å². The van der Waals surface area contributed by atoms with E-state index in [4.69, 9.17) is 0 Å². The molecule has 1 saturated heterocycles. The zero-order valence-corrected chi connectivity index (χ0v) is 14.9. The van der Waals surface area contributed by atoms with Gasteiger partial charge in [-0.15, -0.1) is 12.4 Å². The number of benzene rings is 1. The number of carbonyl (C=O) groups excluding carboxylic acids is 1. The first-order valence-corrected chi connectivity index (χ1v) is 8.21. The van der Waals surface area contributed by atoms with Gasteiger partial charge in [-0.3, -0.25) is 4.79 Å². The molecule has 1 aliphatic heterocycles. The Morgan fingerprint density at radius 3 is 2.90 bits per heavy atom. The van der Waals surface area contributed by atoms with Crippen LogP contribution in [0.25, 0.3) is 0 Å². The van der Waals surface area contributed by atoms with Gasteiger partial charge in [-0.25, -0.2) is 0 Å². The van der Waals surface area contributed by atoms with Crippen molar-refractivity contribution in [1.82, 2.24) is 10.2 Å². The predicted molar refractivity (Wildman–Crippen MR) is 92.7 cm³/mol. The Balaban J connectivity index is 0.00000220. The molecule has 5 heteroatoms. The minimum Gasteiger partial charge on any atom is -0.339 e. The Bertz CT molecular complexity index is 450. The first kappa shape index (κ1) is 18.5. The van der Waals surface area contributed by atoms with Crippen LogP contribution in [0.5, 0.6) is 0 Å².